The Morgan fingerprint density at radius 2 is 1.61 bits per heavy atom. The number of phenolic OH excluding ortho intramolecular Hbond substituents is 1. The van der Waals surface area contributed by atoms with E-state index in [0.29, 0.717) is 5.02 Å². The Bertz CT molecular complexity index is 469. The lowest BCUT2D eigenvalue weighted by atomic mass is 9.76. The lowest BCUT2D eigenvalue weighted by molar-refractivity contribution is 0.00578. The van der Waals surface area contributed by atoms with Gasteiger partial charge >= 0.3 is 7.12 Å². The molecule has 0 spiro atoms. The van der Waals surface area contributed by atoms with Gasteiger partial charge in [0.2, 0.25) is 0 Å². The first-order valence-electron chi connectivity index (χ1n) is 5.99. The van der Waals surface area contributed by atoms with Crippen LogP contribution in [0.2, 0.25) is 5.02 Å². The third-order valence-corrected chi connectivity index (χ3v) is 4.39. The zero-order valence-electron chi connectivity index (χ0n) is 11.4. The van der Waals surface area contributed by atoms with Crippen molar-refractivity contribution in [3.05, 3.63) is 22.7 Å². The van der Waals surface area contributed by atoms with Crippen molar-refractivity contribution in [2.24, 2.45) is 0 Å². The van der Waals surface area contributed by atoms with Crippen molar-refractivity contribution in [2.75, 3.05) is 0 Å². The second-order valence-corrected chi connectivity index (χ2v) is 6.08. The quantitative estimate of drug-likeness (QED) is 0.796. The SMILES string of the molecule is Cc1c(B2OC(C)(C)C(C)(C)O2)ccc(O)c1Cl. The average molecular weight is 269 g/mol. The summed E-state index contributed by atoms with van der Waals surface area (Å²) in [7, 11) is -0.451. The van der Waals surface area contributed by atoms with Gasteiger partial charge in [0.25, 0.3) is 0 Å². The lowest BCUT2D eigenvalue weighted by Gasteiger charge is -2.32. The van der Waals surface area contributed by atoms with E-state index in [1.165, 1.54) is 0 Å². The molecule has 1 aliphatic rings. The van der Waals surface area contributed by atoms with E-state index in [1.54, 1.807) is 12.1 Å². The van der Waals surface area contributed by atoms with E-state index in [2.05, 4.69) is 0 Å². The number of phenols is 1. The van der Waals surface area contributed by atoms with Crippen molar-refractivity contribution >= 4 is 24.2 Å². The maximum atomic E-state index is 9.56. The summed E-state index contributed by atoms with van der Waals surface area (Å²) in [6.07, 6.45) is 0. The Hall–Kier alpha value is -0.705. The highest BCUT2D eigenvalue weighted by molar-refractivity contribution is 6.63. The smallest absolute Gasteiger partial charge is 0.495 e. The Morgan fingerprint density at radius 3 is 2.11 bits per heavy atom. The number of benzene rings is 1. The molecule has 0 radical (unpaired) electrons. The minimum Gasteiger partial charge on any atom is -0.506 e. The highest BCUT2D eigenvalue weighted by atomic mass is 35.5. The van der Waals surface area contributed by atoms with Gasteiger partial charge in [0.15, 0.2) is 0 Å². The third kappa shape index (κ3) is 2.02. The van der Waals surface area contributed by atoms with Gasteiger partial charge < -0.3 is 14.4 Å². The largest absolute Gasteiger partial charge is 0.506 e. The monoisotopic (exact) mass is 268 g/mol. The molecule has 0 saturated carbocycles. The van der Waals surface area contributed by atoms with Crippen LogP contribution in [-0.2, 0) is 9.31 Å². The predicted octanol–water partition coefficient (Wildman–Crippen LogP) is 2.65. The zero-order valence-corrected chi connectivity index (χ0v) is 12.1. The molecule has 1 heterocycles. The van der Waals surface area contributed by atoms with Crippen LogP contribution in [-0.4, -0.2) is 23.4 Å². The van der Waals surface area contributed by atoms with Crippen LogP contribution in [0.25, 0.3) is 0 Å². The number of halogens is 1. The Labute approximate surface area is 113 Å². The highest BCUT2D eigenvalue weighted by Gasteiger charge is 2.52. The Morgan fingerprint density at radius 1 is 1.11 bits per heavy atom. The summed E-state index contributed by atoms with van der Waals surface area (Å²) in [6, 6.07) is 3.36. The van der Waals surface area contributed by atoms with Gasteiger partial charge in [-0.15, -0.1) is 0 Å². The molecule has 0 amide bonds. The standard InChI is InChI=1S/C13H18BClO3/c1-8-9(6-7-10(16)11(8)15)14-17-12(2,3)13(4,5)18-14/h6-7,16H,1-5H3. The van der Waals surface area contributed by atoms with Crippen molar-refractivity contribution in [1.82, 2.24) is 0 Å². The molecule has 5 heteroatoms. The van der Waals surface area contributed by atoms with E-state index in [0.717, 1.165) is 11.0 Å². The van der Waals surface area contributed by atoms with E-state index in [1.807, 2.05) is 34.6 Å². The summed E-state index contributed by atoms with van der Waals surface area (Å²) >= 11 is 6.04. The summed E-state index contributed by atoms with van der Waals surface area (Å²) in [6.45, 7) is 9.87. The van der Waals surface area contributed by atoms with E-state index in [-0.39, 0.29) is 17.0 Å². The molecule has 0 atom stereocenters. The number of hydrogen-bond donors (Lipinski definition) is 1. The molecule has 0 aliphatic carbocycles. The number of rotatable bonds is 1. The Balaban J connectivity index is 2.39. The molecule has 0 aromatic heterocycles. The molecule has 0 bridgehead atoms. The van der Waals surface area contributed by atoms with E-state index < -0.39 is 7.12 Å². The van der Waals surface area contributed by atoms with Crippen molar-refractivity contribution < 1.29 is 14.4 Å². The molecular formula is C13H18BClO3. The highest BCUT2D eigenvalue weighted by Crippen LogP contribution is 2.37. The van der Waals surface area contributed by atoms with Gasteiger partial charge in [-0.05, 0) is 51.7 Å². The summed E-state index contributed by atoms with van der Waals surface area (Å²) in [5, 5.41) is 9.91. The minimum absolute atomic E-state index is 0.0782. The van der Waals surface area contributed by atoms with Crippen molar-refractivity contribution in [1.29, 1.82) is 0 Å². The maximum absolute atomic E-state index is 9.56. The Kier molecular flexibility index (Phi) is 3.17. The van der Waals surface area contributed by atoms with Crippen LogP contribution in [0.3, 0.4) is 0 Å². The van der Waals surface area contributed by atoms with Crippen LogP contribution in [0.4, 0.5) is 0 Å². The minimum atomic E-state index is -0.451. The zero-order chi connectivity index (χ0) is 13.7. The van der Waals surface area contributed by atoms with Crippen LogP contribution >= 0.6 is 11.6 Å². The fourth-order valence-corrected chi connectivity index (χ4v) is 2.08. The summed E-state index contributed by atoms with van der Waals surface area (Å²) in [4.78, 5) is 0. The fraction of sp³-hybridized carbons (Fsp3) is 0.538. The van der Waals surface area contributed by atoms with Crippen LogP contribution < -0.4 is 5.46 Å². The lowest BCUT2D eigenvalue weighted by Crippen LogP contribution is -2.41. The molecule has 1 fully saturated rings. The molecule has 18 heavy (non-hydrogen) atoms. The summed E-state index contributed by atoms with van der Waals surface area (Å²) in [5.74, 6) is 0.0782. The van der Waals surface area contributed by atoms with Gasteiger partial charge in [0.1, 0.15) is 5.75 Å². The van der Waals surface area contributed by atoms with Crippen LogP contribution in [0.1, 0.15) is 33.3 Å². The van der Waals surface area contributed by atoms with Crippen molar-refractivity contribution in [3.63, 3.8) is 0 Å². The molecule has 1 aromatic rings. The second kappa shape index (κ2) is 4.15. The first-order chi connectivity index (χ1) is 8.16. The fourth-order valence-electron chi connectivity index (χ4n) is 1.91. The van der Waals surface area contributed by atoms with Crippen LogP contribution in [0.15, 0.2) is 12.1 Å². The molecular weight excluding hydrogens is 250 g/mol. The molecule has 2 rings (SSSR count). The molecule has 1 aliphatic heterocycles. The molecule has 1 aromatic carbocycles. The van der Waals surface area contributed by atoms with Gasteiger partial charge in [-0.3, -0.25) is 0 Å². The molecule has 98 valence electrons. The third-order valence-electron chi connectivity index (χ3n) is 3.92. The normalized spacial score (nSPS) is 21.3. The first-order valence-corrected chi connectivity index (χ1v) is 6.37. The summed E-state index contributed by atoms with van der Waals surface area (Å²) < 4.78 is 11.9. The molecule has 1 saturated heterocycles. The van der Waals surface area contributed by atoms with Crippen molar-refractivity contribution in [3.8, 4) is 5.75 Å². The van der Waals surface area contributed by atoms with Gasteiger partial charge in [0, 0.05) is 0 Å². The van der Waals surface area contributed by atoms with Gasteiger partial charge in [-0.2, -0.15) is 0 Å². The van der Waals surface area contributed by atoms with Crippen molar-refractivity contribution in [2.45, 2.75) is 45.8 Å². The van der Waals surface area contributed by atoms with Gasteiger partial charge in [-0.25, -0.2) is 0 Å². The van der Waals surface area contributed by atoms with E-state index >= 15 is 0 Å². The van der Waals surface area contributed by atoms with Gasteiger partial charge in [-0.1, -0.05) is 17.7 Å². The van der Waals surface area contributed by atoms with Crippen LogP contribution in [0.5, 0.6) is 5.75 Å². The molecule has 3 nitrogen and oxygen atoms in total. The van der Waals surface area contributed by atoms with E-state index in [9.17, 15) is 5.11 Å². The maximum Gasteiger partial charge on any atom is 0.495 e. The number of hydrogen-bond acceptors (Lipinski definition) is 3. The van der Waals surface area contributed by atoms with Crippen LogP contribution in [0, 0.1) is 6.92 Å². The van der Waals surface area contributed by atoms with Gasteiger partial charge in [0.05, 0.1) is 16.2 Å². The van der Waals surface area contributed by atoms with E-state index in [4.69, 9.17) is 20.9 Å². The summed E-state index contributed by atoms with van der Waals surface area (Å²) in [5.41, 5.74) is 0.884. The second-order valence-electron chi connectivity index (χ2n) is 5.70. The topological polar surface area (TPSA) is 38.7 Å². The molecule has 1 N–H and O–H groups in total. The number of aromatic hydroxyl groups is 1. The predicted molar refractivity (Wildman–Crippen MR) is 73.6 cm³/mol. The molecule has 0 unspecified atom stereocenters. The first kappa shape index (κ1) is 13.7. The average Bonchev–Trinajstić information content (AvgIpc) is 2.45.